The Bertz CT molecular complexity index is 1700. The highest BCUT2D eigenvalue weighted by molar-refractivity contribution is 6.39. The number of hydrogen-bond acceptors (Lipinski definition) is 7. The van der Waals surface area contributed by atoms with Crippen molar-refractivity contribution in [2.24, 2.45) is 11.1 Å². The highest BCUT2D eigenvalue weighted by Crippen LogP contribution is 2.43. The zero-order valence-electron chi connectivity index (χ0n) is 24.3. The van der Waals surface area contributed by atoms with Crippen LogP contribution in [0.25, 0.3) is 33.6 Å². The molecule has 8 nitrogen and oxygen atoms in total. The van der Waals surface area contributed by atoms with Gasteiger partial charge < -0.3 is 20.5 Å². The van der Waals surface area contributed by atoms with Gasteiger partial charge in [-0.15, -0.1) is 0 Å². The molecule has 2 aliphatic heterocycles. The first-order valence-corrected chi connectivity index (χ1v) is 14.9. The quantitative estimate of drug-likeness (QED) is 0.245. The number of methoxy groups -OCH3 is 2. The number of likely N-dealkylation sites (tertiary alicyclic amines) is 1. The van der Waals surface area contributed by atoms with Crippen molar-refractivity contribution in [1.29, 1.82) is 0 Å². The molecule has 0 saturated carbocycles. The monoisotopic (exact) mass is 617 g/mol. The second-order valence-electron chi connectivity index (χ2n) is 11.4. The van der Waals surface area contributed by atoms with E-state index in [2.05, 4.69) is 15.2 Å². The molecule has 0 radical (unpaired) electrons. The van der Waals surface area contributed by atoms with Crippen molar-refractivity contribution in [2.75, 3.05) is 33.9 Å². The molecular formula is C33H33Cl2N5O3. The van der Waals surface area contributed by atoms with E-state index in [4.69, 9.17) is 43.4 Å². The third-order valence-corrected chi connectivity index (χ3v) is 9.07. The summed E-state index contributed by atoms with van der Waals surface area (Å²) < 4.78 is 11.2. The summed E-state index contributed by atoms with van der Waals surface area (Å²) in [5.41, 5.74) is 12.4. The average Bonchev–Trinajstić information content (AvgIpc) is 3.39. The Hall–Kier alpha value is -3.69. The van der Waals surface area contributed by atoms with Crippen molar-refractivity contribution in [1.82, 2.24) is 20.2 Å². The minimum absolute atomic E-state index is 0.0683. The van der Waals surface area contributed by atoms with Gasteiger partial charge in [0.15, 0.2) is 0 Å². The van der Waals surface area contributed by atoms with Crippen molar-refractivity contribution in [3.8, 4) is 45.4 Å². The first-order valence-electron chi connectivity index (χ1n) is 14.1. The maximum Gasteiger partial charge on any atom is 0.220 e. The van der Waals surface area contributed by atoms with Gasteiger partial charge in [0.25, 0.3) is 0 Å². The number of carbonyl (C=O) groups is 1. The molecule has 222 valence electrons. The van der Waals surface area contributed by atoms with E-state index in [0.29, 0.717) is 46.2 Å². The van der Waals surface area contributed by atoms with Crippen LogP contribution in [-0.2, 0) is 11.3 Å². The van der Waals surface area contributed by atoms with Crippen LogP contribution < -0.4 is 20.5 Å². The van der Waals surface area contributed by atoms with Gasteiger partial charge in [-0.25, -0.2) is 9.97 Å². The Balaban J connectivity index is 1.29. The van der Waals surface area contributed by atoms with E-state index in [1.54, 1.807) is 14.2 Å². The lowest BCUT2D eigenvalue weighted by Crippen LogP contribution is -2.56. The van der Waals surface area contributed by atoms with Crippen LogP contribution in [0.15, 0.2) is 60.7 Å². The predicted molar refractivity (Wildman–Crippen MR) is 169 cm³/mol. The zero-order valence-corrected chi connectivity index (χ0v) is 25.8. The van der Waals surface area contributed by atoms with Gasteiger partial charge in [-0.1, -0.05) is 65.7 Å². The summed E-state index contributed by atoms with van der Waals surface area (Å²) in [5.74, 6) is 1.16. The van der Waals surface area contributed by atoms with Crippen LogP contribution in [0.4, 0.5) is 0 Å². The van der Waals surface area contributed by atoms with Crippen LogP contribution >= 0.6 is 23.2 Å². The maximum absolute atomic E-state index is 11.7. The normalized spacial score (nSPS) is 16.6. The summed E-state index contributed by atoms with van der Waals surface area (Å²) in [6.07, 6.45) is 0.601. The number of hydrogen-bond donors (Lipinski definition) is 2. The lowest BCUT2D eigenvalue weighted by molar-refractivity contribution is -0.120. The Morgan fingerprint density at radius 3 is 1.98 bits per heavy atom. The van der Waals surface area contributed by atoms with E-state index in [1.807, 2.05) is 67.6 Å². The molecule has 4 aromatic rings. The number of nitrogens with two attached hydrogens (primary N) is 1. The number of nitrogens with zero attached hydrogens (tertiary/aromatic N) is 3. The largest absolute Gasteiger partial charge is 0.481 e. The Labute approximate surface area is 261 Å². The van der Waals surface area contributed by atoms with Gasteiger partial charge in [0.1, 0.15) is 0 Å². The average molecular weight is 619 g/mol. The lowest BCUT2D eigenvalue weighted by Gasteiger charge is -2.47. The van der Waals surface area contributed by atoms with Crippen LogP contribution in [0.5, 0.6) is 11.8 Å². The van der Waals surface area contributed by atoms with Crippen molar-refractivity contribution < 1.29 is 14.3 Å². The summed E-state index contributed by atoms with van der Waals surface area (Å²) in [5, 5.41) is 4.01. The van der Waals surface area contributed by atoms with Crippen molar-refractivity contribution >= 4 is 29.1 Å². The second kappa shape index (κ2) is 11.8. The van der Waals surface area contributed by atoms with Crippen LogP contribution in [0.3, 0.4) is 0 Å². The predicted octanol–water partition coefficient (Wildman–Crippen LogP) is 6.14. The number of nitrogens with one attached hydrogen (secondary N) is 1. The van der Waals surface area contributed by atoms with Crippen LogP contribution in [0, 0.1) is 5.41 Å². The molecule has 2 fully saturated rings. The lowest BCUT2D eigenvalue weighted by atomic mass is 9.79. The molecule has 1 amide bonds. The van der Waals surface area contributed by atoms with Gasteiger partial charge in [0.05, 0.1) is 35.7 Å². The Morgan fingerprint density at radius 1 is 0.884 bits per heavy atom. The molecule has 0 aliphatic carbocycles. The molecule has 10 heteroatoms. The number of aromatic nitrogens is 2. The number of benzene rings is 2. The van der Waals surface area contributed by atoms with Gasteiger partial charge >= 0.3 is 0 Å². The minimum Gasteiger partial charge on any atom is -0.481 e. The molecular weight excluding hydrogens is 585 g/mol. The molecule has 2 aromatic carbocycles. The molecule has 2 saturated heterocycles. The summed E-state index contributed by atoms with van der Waals surface area (Å²) in [7, 11) is 3.20. The standard InChI is InChI=1S/C33H33Cl2N5O3/c1-19(36)21-11-13-27(39-32(21)43-3)25-9-5-7-23(30(25)35)22-6-4-8-24(29(22)34)26-12-10-20(31(38-26)42-2)15-40-17-33(18-40)14-28(41)37-16-33/h4-13,19H,14-18,36H2,1-3H3,(H,37,41)/t19-/m0/s1. The third kappa shape index (κ3) is 5.56. The van der Waals surface area contributed by atoms with Gasteiger partial charge in [-0.2, -0.15) is 0 Å². The minimum atomic E-state index is -0.217. The van der Waals surface area contributed by atoms with Crippen LogP contribution in [0.2, 0.25) is 10.0 Å². The third-order valence-electron chi connectivity index (χ3n) is 8.25. The van der Waals surface area contributed by atoms with Gasteiger partial charge in [0, 0.05) is 77.4 Å². The molecule has 6 rings (SSSR count). The van der Waals surface area contributed by atoms with Gasteiger partial charge in [0.2, 0.25) is 17.7 Å². The SMILES string of the molecule is COc1nc(-c2cccc(-c3cccc(-c4ccc([C@H](C)N)c(OC)n4)c3Cl)c2Cl)ccc1CN1CC2(CNC(=O)C2)C1. The highest BCUT2D eigenvalue weighted by atomic mass is 35.5. The molecule has 3 N–H and O–H groups in total. The number of pyridine rings is 2. The molecule has 1 spiro atoms. The molecule has 0 bridgehead atoms. The number of rotatable bonds is 8. The first kappa shape index (κ1) is 29.4. The Kier molecular flexibility index (Phi) is 8.04. The molecule has 43 heavy (non-hydrogen) atoms. The molecule has 2 aliphatic rings. The Morgan fingerprint density at radius 2 is 1.44 bits per heavy atom. The van der Waals surface area contributed by atoms with Crippen LogP contribution in [0.1, 0.15) is 30.5 Å². The van der Waals surface area contributed by atoms with E-state index in [-0.39, 0.29) is 17.4 Å². The van der Waals surface area contributed by atoms with E-state index in [9.17, 15) is 4.79 Å². The van der Waals surface area contributed by atoms with E-state index in [0.717, 1.165) is 53.0 Å². The topological polar surface area (TPSA) is 103 Å². The van der Waals surface area contributed by atoms with E-state index >= 15 is 0 Å². The number of carbonyl (C=O) groups excluding carboxylic acids is 1. The van der Waals surface area contributed by atoms with E-state index in [1.165, 1.54) is 0 Å². The summed E-state index contributed by atoms with van der Waals surface area (Å²) in [4.78, 5) is 23.5. The molecule has 4 heterocycles. The number of ether oxygens (including phenoxy) is 2. The summed E-state index contributed by atoms with van der Waals surface area (Å²) >= 11 is 14.1. The fourth-order valence-electron chi connectivity index (χ4n) is 6.13. The van der Waals surface area contributed by atoms with Crippen molar-refractivity contribution in [3.63, 3.8) is 0 Å². The van der Waals surface area contributed by atoms with Crippen molar-refractivity contribution in [3.05, 3.63) is 81.8 Å². The summed E-state index contributed by atoms with van der Waals surface area (Å²) in [6, 6.07) is 19.2. The molecule has 0 unspecified atom stereocenters. The number of halogens is 2. The highest BCUT2D eigenvalue weighted by Gasteiger charge is 2.47. The van der Waals surface area contributed by atoms with Crippen LogP contribution in [-0.4, -0.2) is 54.6 Å². The van der Waals surface area contributed by atoms with E-state index < -0.39 is 0 Å². The fourth-order valence-corrected chi connectivity index (χ4v) is 6.78. The fraction of sp³-hybridized carbons (Fsp3) is 0.303. The number of amides is 1. The molecule has 2 aromatic heterocycles. The van der Waals surface area contributed by atoms with Gasteiger partial charge in [-0.3, -0.25) is 9.69 Å². The zero-order chi connectivity index (χ0) is 30.3. The maximum atomic E-state index is 11.7. The smallest absolute Gasteiger partial charge is 0.220 e. The second-order valence-corrected chi connectivity index (χ2v) is 12.1. The first-order chi connectivity index (χ1) is 20.7. The van der Waals surface area contributed by atoms with Crippen molar-refractivity contribution in [2.45, 2.75) is 25.9 Å². The summed E-state index contributed by atoms with van der Waals surface area (Å²) in [6.45, 7) is 5.10. The molecule has 1 atom stereocenters. The van der Waals surface area contributed by atoms with Gasteiger partial charge in [-0.05, 0) is 25.1 Å².